The molecule has 0 spiro atoms. The van der Waals surface area contributed by atoms with Gasteiger partial charge in [0.05, 0.1) is 12.3 Å². The normalized spacial score (nSPS) is 29.7. The van der Waals surface area contributed by atoms with Gasteiger partial charge in [-0.1, -0.05) is 86.8 Å². The Morgan fingerprint density at radius 3 is 2.50 bits per heavy atom. The molecular weight excluding hydrogens is 673 g/mol. The Morgan fingerprint density at radius 2 is 1.76 bits per heavy atom. The van der Waals surface area contributed by atoms with E-state index >= 15 is 0 Å². The molecule has 0 saturated carbocycles. The highest BCUT2D eigenvalue weighted by Gasteiger charge is 2.42. The molecule has 282 valence electrons. The second-order valence-corrected chi connectivity index (χ2v) is 17.8. The number of hydrogen-bond donors (Lipinski definition) is 2. The molecule has 2 aliphatic heterocycles. The lowest BCUT2D eigenvalue weighted by atomic mass is 9.65. The first-order chi connectivity index (χ1) is 24.1. The molecule has 0 radical (unpaired) electrons. The van der Waals surface area contributed by atoms with Crippen LogP contribution in [0, 0.1) is 29.6 Å². The lowest BCUT2D eigenvalue weighted by Gasteiger charge is -2.43. The predicted octanol–water partition coefficient (Wildman–Crippen LogP) is 8.32. The number of carbonyl (C=O) groups excluding carboxylic acids is 4. The van der Waals surface area contributed by atoms with E-state index in [1.807, 2.05) is 35.4 Å². The Hall–Kier alpha value is -2.14. The fourth-order valence-corrected chi connectivity index (χ4v) is 10.7. The first-order valence-corrected chi connectivity index (χ1v) is 21.8. The standard InChI is InChI=1S/C39H62N2O7S2/c1-5-27(3)38(44)48-34-23-26(2)22-29-15-14-28(4)33(37(29)34)17-16-30-24-31(25-36(43)46-30)47-39(45)41-20-11-7-6-10-19-40-35(42)13-9-8-12-32-18-21-49-50-32/h14-15,22,26-28,30-34,37H,5-13,16-21,23-25H2,1-4H3,(H,40,42)(H,41,45)/t26-,27?,28?,30?,31?,32?,33+,34-,37-/m1/s1. The molecule has 2 N–H and O–H groups in total. The molecule has 9 nitrogen and oxygen atoms in total. The monoisotopic (exact) mass is 734 g/mol. The highest BCUT2D eigenvalue weighted by molar-refractivity contribution is 8.77. The summed E-state index contributed by atoms with van der Waals surface area (Å²) in [5.41, 5.74) is 1.24. The minimum Gasteiger partial charge on any atom is -0.462 e. The third-order valence-corrected chi connectivity index (χ3v) is 13.8. The molecule has 4 aliphatic rings. The number of alkyl carbamates (subject to hydrolysis) is 1. The minimum atomic E-state index is -0.510. The Kier molecular flexibility index (Phi) is 17.4. The van der Waals surface area contributed by atoms with Gasteiger partial charge in [0.1, 0.15) is 18.3 Å². The number of allylic oxidation sites excluding steroid dienone is 3. The van der Waals surface area contributed by atoms with Gasteiger partial charge in [0.2, 0.25) is 5.91 Å². The number of carbonyl (C=O) groups is 4. The summed E-state index contributed by atoms with van der Waals surface area (Å²) in [6.07, 6.45) is 17.8. The lowest BCUT2D eigenvalue weighted by Crippen LogP contribution is -2.42. The fraction of sp³-hybridized carbons (Fsp3) is 0.795. The number of ether oxygens (including phenoxy) is 3. The van der Waals surface area contributed by atoms with E-state index in [1.165, 1.54) is 24.2 Å². The van der Waals surface area contributed by atoms with Gasteiger partial charge in [-0.2, -0.15) is 0 Å². The van der Waals surface area contributed by atoms with Crippen LogP contribution in [0.2, 0.25) is 0 Å². The average molecular weight is 735 g/mol. The number of rotatable bonds is 19. The van der Waals surface area contributed by atoms with Gasteiger partial charge in [-0.25, -0.2) is 4.79 Å². The molecule has 0 aromatic rings. The predicted molar refractivity (Wildman–Crippen MR) is 202 cm³/mol. The van der Waals surface area contributed by atoms with Crippen molar-refractivity contribution in [2.24, 2.45) is 29.6 Å². The van der Waals surface area contributed by atoms with Crippen LogP contribution in [0.5, 0.6) is 0 Å². The van der Waals surface area contributed by atoms with Gasteiger partial charge >= 0.3 is 18.0 Å². The quantitative estimate of drug-likeness (QED) is 0.0584. The zero-order valence-corrected chi connectivity index (χ0v) is 32.5. The number of nitrogens with one attached hydrogen (secondary N) is 2. The van der Waals surface area contributed by atoms with Crippen molar-refractivity contribution in [2.45, 2.75) is 148 Å². The van der Waals surface area contributed by atoms with Crippen molar-refractivity contribution in [2.75, 3.05) is 18.8 Å². The minimum absolute atomic E-state index is 0.0675. The van der Waals surface area contributed by atoms with Crippen molar-refractivity contribution < 1.29 is 33.4 Å². The van der Waals surface area contributed by atoms with E-state index in [1.54, 1.807) is 0 Å². The summed E-state index contributed by atoms with van der Waals surface area (Å²) in [6, 6.07) is 0. The number of hydrogen-bond acceptors (Lipinski definition) is 9. The smallest absolute Gasteiger partial charge is 0.407 e. The van der Waals surface area contributed by atoms with Crippen molar-refractivity contribution in [3.8, 4) is 0 Å². The fourth-order valence-electron chi connectivity index (χ4n) is 7.67. The van der Waals surface area contributed by atoms with E-state index < -0.39 is 12.2 Å². The zero-order chi connectivity index (χ0) is 35.9. The van der Waals surface area contributed by atoms with Crippen LogP contribution in [-0.4, -0.2) is 66.3 Å². The Labute approximate surface area is 308 Å². The SMILES string of the molecule is CCC(C)C(=O)O[C@@H]1C[C@H](C)C=C2C=CC(C)[C@H](CCC3CC(OC(=O)NCCCCCCNC(=O)CCCCC4CCSS4)CC(=O)O3)[C@@H]21. The molecule has 2 heterocycles. The molecule has 2 saturated heterocycles. The van der Waals surface area contributed by atoms with E-state index in [4.69, 9.17) is 14.2 Å². The average Bonchev–Trinajstić information content (AvgIpc) is 3.60. The van der Waals surface area contributed by atoms with Gasteiger partial charge in [-0.05, 0) is 81.1 Å². The number of unbranched alkanes of at least 4 members (excludes halogenated alkanes) is 4. The number of amides is 2. The molecule has 2 fully saturated rings. The maximum absolute atomic E-state index is 12.8. The van der Waals surface area contributed by atoms with Gasteiger partial charge in [0.25, 0.3) is 0 Å². The van der Waals surface area contributed by atoms with Gasteiger partial charge in [-0.3, -0.25) is 14.4 Å². The van der Waals surface area contributed by atoms with E-state index in [-0.39, 0.29) is 54.2 Å². The topological polar surface area (TPSA) is 120 Å². The zero-order valence-electron chi connectivity index (χ0n) is 30.8. The molecule has 11 heteroatoms. The number of fused-ring (bicyclic) bond motifs is 1. The molecule has 0 aromatic heterocycles. The second-order valence-electron chi connectivity index (χ2n) is 15.0. The summed E-state index contributed by atoms with van der Waals surface area (Å²) in [4.78, 5) is 50.0. The maximum atomic E-state index is 12.8. The third kappa shape index (κ3) is 13.4. The summed E-state index contributed by atoms with van der Waals surface area (Å²) >= 11 is 0. The van der Waals surface area contributed by atoms with Crippen LogP contribution in [0.15, 0.2) is 23.8 Å². The van der Waals surface area contributed by atoms with Crippen LogP contribution in [0.3, 0.4) is 0 Å². The molecule has 2 amide bonds. The molecule has 5 unspecified atom stereocenters. The van der Waals surface area contributed by atoms with Gasteiger partial charge < -0.3 is 24.8 Å². The van der Waals surface area contributed by atoms with Gasteiger partial charge in [-0.15, -0.1) is 0 Å². The largest absolute Gasteiger partial charge is 0.462 e. The van der Waals surface area contributed by atoms with E-state index in [2.05, 4.69) is 42.7 Å². The molecule has 50 heavy (non-hydrogen) atoms. The van der Waals surface area contributed by atoms with Crippen LogP contribution in [0.4, 0.5) is 4.79 Å². The van der Waals surface area contributed by atoms with E-state index in [0.717, 1.165) is 63.0 Å². The number of cyclic esters (lactones) is 1. The van der Waals surface area contributed by atoms with E-state index in [0.29, 0.717) is 44.2 Å². The third-order valence-electron chi connectivity index (χ3n) is 10.8. The highest BCUT2D eigenvalue weighted by atomic mass is 33.1. The Bertz CT molecular complexity index is 1170. The molecule has 0 aromatic carbocycles. The van der Waals surface area contributed by atoms with Gasteiger partial charge in [0, 0.05) is 42.9 Å². The van der Waals surface area contributed by atoms with Crippen LogP contribution in [0.25, 0.3) is 0 Å². The molecule has 9 atom stereocenters. The summed E-state index contributed by atoms with van der Waals surface area (Å²) in [5, 5.41) is 6.64. The van der Waals surface area contributed by atoms with Crippen LogP contribution >= 0.6 is 21.6 Å². The summed E-state index contributed by atoms with van der Waals surface area (Å²) in [6.45, 7) is 9.52. The summed E-state index contributed by atoms with van der Waals surface area (Å²) in [7, 11) is 3.97. The van der Waals surface area contributed by atoms with Crippen LogP contribution in [0.1, 0.15) is 124 Å². The first kappa shape index (κ1) is 40.6. The van der Waals surface area contributed by atoms with Crippen molar-refractivity contribution in [1.82, 2.24) is 10.6 Å². The molecular formula is C39H62N2O7S2. The van der Waals surface area contributed by atoms with E-state index in [9.17, 15) is 19.2 Å². The first-order valence-electron chi connectivity index (χ1n) is 19.4. The summed E-state index contributed by atoms with van der Waals surface area (Å²) in [5.74, 6) is 1.83. The van der Waals surface area contributed by atoms with Gasteiger partial charge in [0.15, 0.2) is 0 Å². The molecule has 2 aliphatic carbocycles. The van der Waals surface area contributed by atoms with Crippen molar-refractivity contribution in [3.63, 3.8) is 0 Å². The Balaban J connectivity index is 1.10. The maximum Gasteiger partial charge on any atom is 0.407 e. The van der Waals surface area contributed by atoms with Crippen LogP contribution in [-0.2, 0) is 28.6 Å². The van der Waals surface area contributed by atoms with Crippen molar-refractivity contribution >= 4 is 45.5 Å². The van der Waals surface area contributed by atoms with Crippen LogP contribution < -0.4 is 10.6 Å². The Morgan fingerprint density at radius 1 is 0.980 bits per heavy atom. The highest BCUT2D eigenvalue weighted by Crippen LogP contribution is 2.45. The number of esters is 2. The van der Waals surface area contributed by atoms with Crippen molar-refractivity contribution in [1.29, 1.82) is 0 Å². The van der Waals surface area contributed by atoms with Crippen molar-refractivity contribution in [3.05, 3.63) is 23.8 Å². The summed E-state index contributed by atoms with van der Waals surface area (Å²) < 4.78 is 17.5. The second kappa shape index (κ2) is 21.4. The molecule has 0 bridgehead atoms. The molecule has 4 rings (SSSR count). The lowest BCUT2D eigenvalue weighted by molar-refractivity contribution is -0.162.